The first kappa shape index (κ1) is 23.7. The lowest BCUT2D eigenvalue weighted by atomic mass is 10.1. The van der Waals surface area contributed by atoms with Gasteiger partial charge in [0.15, 0.2) is 11.5 Å². The quantitative estimate of drug-likeness (QED) is 0.491. The molecule has 33 heavy (non-hydrogen) atoms. The zero-order valence-corrected chi connectivity index (χ0v) is 19.1. The lowest BCUT2D eigenvalue weighted by Crippen LogP contribution is -2.14. The molecule has 2 aromatic carbocycles. The first-order chi connectivity index (χ1) is 15.8. The van der Waals surface area contributed by atoms with E-state index in [1.165, 1.54) is 57.7 Å². The summed E-state index contributed by atoms with van der Waals surface area (Å²) in [7, 11) is 4.13. The first-order valence-electron chi connectivity index (χ1n) is 9.61. The maximum Gasteiger partial charge on any atom is 0.341 e. The molecule has 1 aromatic heterocycles. The molecule has 0 aliphatic carbocycles. The Morgan fingerprint density at radius 2 is 1.55 bits per heavy atom. The van der Waals surface area contributed by atoms with Crippen LogP contribution in [0.3, 0.4) is 0 Å². The van der Waals surface area contributed by atoms with Gasteiger partial charge in [-0.2, -0.15) is 0 Å². The van der Waals surface area contributed by atoms with Gasteiger partial charge in [-0.15, -0.1) is 11.3 Å². The summed E-state index contributed by atoms with van der Waals surface area (Å²) in [6, 6.07) is 9.87. The Bertz CT molecular complexity index is 1210. The highest BCUT2D eigenvalue weighted by atomic mass is 32.1. The van der Waals surface area contributed by atoms with Crippen molar-refractivity contribution >= 4 is 39.8 Å². The van der Waals surface area contributed by atoms with Gasteiger partial charge in [-0.25, -0.2) is 9.18 Å². The third-order valence-electron chi connectivity index (χ3n) is 4.72. The fourth-order valence-electron chi connectivity index (χ4n) is 3.04. The van der Waals surface area contributed by atoms with Crippen LogP contribution in [0.25, 0.3) is 0 Å². The van der Waals surface area contributed by atoms with Crippen LogP contribution in [0.1, 0.15) is 36.0 Å². The smallest absolute Gasteiger partial charge is 0.341 e. The van der Waals surface area contributed by atoms with Gasteiger partial charge in [-0.3, -0.25) is 9.59 Å². The Morgan fingerprint density at radius 3 is 2.15 bits per heavy atom. The highest BCUT2D eigenvalue weighted by molar-refractivity contribution is 7.19. The molecule has 3 rings (SSSR count). The Balaban J connectivity index is 1.92. The van der Waals surface area contributed by atoms with Crippen LogP contribution < -0.4 is 20.1 Å². The molecular weight excluding hydrogens is 451 g/mol. The Morgan fingerprint density at radius 1 is 0.879 bits per heavy atom. The summed E-state index contributed by atoms with van der Waals surface area (Å²) in [6.45, 7) is 1.58. The van der Waals surface area contributed by atoms with Crippen molar-refractivity contribution < 1.29 is 33.0 Å². The van der Waals surface area contributed by atoms with Gasteiger partial charge in [0, 0.05) is 11.3 Å². The maximum atomic E-state index is 13.1. The van der Waals surface area contributed by atoms with Crippen LogP contribution in [0.2, 0.25) is 0 Å². The minimum Gasteiger partial charge on any atom is -0.493 e. The number of carbonyl (C=O) groups is 3. The lowest BCUT2D eigenvalue weighted by Gasteiger charge is -2.10. The van der Waals surface area contributed by atoms with Crippen molar-refractivity contribution in [3.63, 3.8) is 0 Å². The van der Waals surface area contributed by atoms with Crippen LogP contribution in [-0.2, 0) is 4.74 Å². The second-order valence-electron chi connectivity index (χ2n) is 6.74. The highest BCUT2D eigenvalue weighted by Crippen LogP contribution is 2.35. The van der Waals surface area contributed by atoms with Gasteiger partial charge in [0.2, 0.25) is 0 Å². The van der Waals surface area contributed by atoms with Crippen LogP contribution >= 0.6 is 11.3 Å². The van der Waals surface area contributed by atoms with E-state index in [9.17, 15) is 18.8 Å². The van der Waals surface area contributed by atoms with Crippen molar-refractivity contribution in [3.8, 4) is 11.5 Å². The molecule has 0 radical (unpaired) electrons. The van der Waals surface area contributed by atoms with E-state index in [2.05, 4.69) is 10.6 Å². The number of ether oxygens (including phenoxy) is 3. The van der Waals surface area contributed by atoms with Crippen molar-refractivity contribution in [2.45, 2.75) is 6.92 Å². The van der Waals surface area contributed by atoms with Crippen LogP contribution in [0.15, 0.2) is 42.5 Å². The zero-order valence-electron chi connectivity index (χ0n) is 18.3. The molecule has 172 valence electrons. The third-order valence-corrected chi connectivity index (χ3v) is 5.92. The van der Waals surface area contributed by atoms with Crippen molar-refractivity contribution in [1.29, 1.82) is 0 Å². The number of thiophene rings is 1. The van der Waals surface area contributed by atoms with E-state index >= 15 is 0 Å². The van der Waals surface area contributed by atoms with Crippen molar-refractivity contribution in [2.75, 3.05) is 32.0 Å². The summed E-state index contributed by atoms with van der Waals surface area (Å²) in [4.78, 5) is 38.3. The summed E-state index contributed by atoms with van der Waals surface area (Å²) in [5, 5.41) is 5.47. The van der Waals surface area contributed by atoms with Gasteiger partial charge in [0.25, 0.3) is 11.8 Å². The number of anilines is 2. The van der Waals surface area contributed by atoms with Gasteiger partial charge in [-0.05, 0) is 55.0 Å². The number of hydrogen-bond acceptors (Lipinski definition) is 7. The van der Waals surface area contributed by atoms with Crippen LogP contribution in [-0.4, -0.2) is 39.1 Å². The molecule has 0 saturated heterocycles. The first-order valence-corrected chi connectivity index (χ1v) is 10.4. The van der Waals surface area contributed by atoms with E-state index in [-0.39, 0.29) is 21.0 Å². The molecule has 2 amide bonds. The number of esters is 1. The predicted molar refractivity (Wildman–Crippen MR) is 122 cm³/mol. The van der Waals surface area contributed by atoms with Gasteiger partial charge < -0.3 is 24.8 Å². The van der Waals surface area contributed by atoms with E-state index in [0.29, 0.717) is 22.7 Å². The molecule has 0 unspecified atom stereocenters. The number of methoxy groups -OCH3 is 3. The molecular formula is C23H21FN2O6S. The lowest BCUT2D eigenvalue weighted by molar-refractivity contribution is 0.0601. The second-order valence-corrected chi connectivity index (χ2v) is 7.76. The fraction of sp³-hybridized carbons (Fsp3) is 0.174. The Kier molecular flexibility index (Phi) is 7.29. The van der Waals surface area contributed by atoms with Crippen molar-refractivity contribution in [3.05, 3.63) is 69.8 Å². The van der Waals surface area contributed by atoms with Crippen LogP contribution in [0.4, 0.5) is 15.1 Å². The molecule has 0 spiro atoms. The molecule has 0 aliphatic rings. The average Bonchev–Trinajstić information content (AvgIpc) is 3.15. The largest absolute Gasteiger partial charge is 0.493 e. The van der Waals surface area contributed by atoms with Crippen molar-refractivity contribution in [1.82, 2.24) is 0 Å². The Hall–Kier alpha value is -3.92. The number of amides is 2. The van der Waals surface area contributed by atoms with Gasteiger partial charge in [0.05, 0.1) is 31.8 Å². The minimum atomic E-state index is -0.702. The summed E-state index contributed by atoms with van der Waals surface area (Å²) in [5.74, 6) is -1.36. The predicted octanol–water partition coefficient (Wildman–Crippen LogP) is 4.50. The molecule has 0 fully saturated rings. The zero-order chi connectivity index (χ0) is 24.1. The fourth-order valence-corrected chi connectivity index (χ4v) is 4.13. The summed E-state index contributed by atoms with van der Waals surface area (Å²) in [6.07, 6.45) is 0. The number of halogens is 1. The monoisotopic (exact) mass is 472 g/mol. The third kappa shape index (κ3) is 5.12. The molecule has 0 saturated carbocycles. The van der Waals surface area contributed by atoms with E-state index in [1.54, 1.807) is 13.0 Å². The summed E-state index contributed by atoms with van der Waals surface area (Å²) in [5.41, 5.74) is 1.05. The average molecular weight is 472 g/mol. The van der Waals surface area contributed by atoms with Gasteiger partial charge >= 0.3 is 5.97 Å². The number of nitrogens with one attached hydrogen (secondary N) is 2. The topological polar surface area (TPSA) is 103 Å². The molecule has 8 nitrogen and oxygen atoms in total. The minimum absolute atomic E-state index is 0.0700. The van der Waals surface area contributed by atoms with Crippen LogP contribution in [0, 0.1) is 12.7 Å². The summed E-state index contributed by atoms with van der Waals surface area (Å²) >= 11 is 0.926. The molecule has 3 aromatic rings. The second kappa shape index (κ2) is 10.1. The number of hydrogen-bond donors (Lipinski definition) is 2. The van der Waals surface area contributed by atoms with Crippen molar-refractivity contribution in [2.24, 2.45) is 0 Å². The molecule has 0 aliphatic heterocycles. The standard InChI is InChI=1S/C23H21FN2O6S/c1-12-18(23(29)32-4)22(26-20(27)13-5-10-16(30-2)17(11-13)31-3)33-19(12)21(28)25-15-8-6-14(24)7-9-15/h5-11H,1-4H3,(H,25,28)(H,26,27). The number of benzene rings is 2. The van der Waals surface area contributed by atoms with E-state index in [0.717, 1.165) is 11.3 Å². The molecule has 10 heteroatoms. The van der Waals surface area contributed by atoms with Gasteiger partial charge in [0.1, 0.15) is 10.8 Å². The maximum absolute atomic E-state index is 13.1. The normalized spacial score (nSPS) is 10.3. The summed E-state index contributed by atoms with van der Waals surface area (Å²) < 4.78 is 28.4. The van der Waals surface area contributed by atoms with Gasteiger partial charge in [-0.1, -0.05) is 0 Å². The van der Waals surface area contributed by atoms with Crippen LogP contribution in [0.5, 0.6) is 11.5 Å². The molecule has 0 atom stereocenters. The number of carbonyl (C=O) groups excluding carboxylic acids is 3. The Labute approximate surface area is 193 Å². The molecule has 2 N–H and O–H groups in total. The number of rotatable bonds is 7. The van der Waals surface area contributed by atoms with E-state index < -0.39 is 23.6 Å². The SMILES string of the molecule is COC(=O)c1c(NC(=O)c2ccc(OC)c(OC)c2)sc(C(=O)Nc2ccc(F)cc2)c1C. The molecule has 1 heterocycles. The van der Waals surface area contributed by atoms with E-state index in [1.807, 2.05) is 0 Å². The highest BCUT2D eigenvalue weighted by Gasteiger charge is 2.27. The molecule has 0 bridgehead atoms. The van der Waals surface area contributed by atoms with E-state index in [4.69, 9.17) is 14.2 Å².